The molecule has 0 heterocycles. The molecular weight excluding hydrogens is 241 g/mol. The zero-order valence-electron chi connectivity index (χ0n) is 10.1. The molecule has 0 aromatic heterocycles. The molecule has 0 fully saturated rings. The number of hydrogen-bond acceptors (Lipinski definition) is 3. The zero-order valence-corrected chi connectivity index (χ0v) is 10.1. The summed E-state index contributed by atoms with van der Waals surface area (Å²) in [5.74, 6) is -1.60. The van der Waals surface area contributed by atoms with Crippen molar-refractivity contribution in [3.63, 3.8) is 0 Å². The number of carboxylic acids is 1. The van der Waals surface area contributed by atoms with Gasteiger partial charge in [-0.05, 0) is 31.5 Å². The van der Waals surface area contributed by atoms with Crippen LogP contribution in [0.1, 0.15) is 19.4 Å². The Kier molecular flexibility index (Phi) is 4.25. The van der Waals surface area contributed by atoms with Gasteiger partial charge in [0.25, 0.3) is 0 Å². The standard InChI is InChI=1S/C12H14FNO4/c1-12(2,10(15)16)14-11(17)18-7-8-4-3-5-9(13)6-8/h3-6H,7H2,1-2H3,(H,14,17)(H,15,16). The molecule has 0 atom stereocenters. The third-order valence-electron chi connectivity index (χ3n) is 2.21. The lowest BCUT2D eigenvalue weighted by Crippen LogP contribution is -2.49. The maximum absolute atomic E-state index is 12.8. The van der Waals surface area contributed by atoms with Crippen LogP contribution in [0.2, 0.25) is 0 Å². The summed E-state index contributed by atoms with van der Waals surface area (Å²) in [4.78, 5) is 22.1. The molecule has 1 aromatic rings. The van der Waals surface area contributed by atoms with E-state index in [9.17, 15) is 14.0 Å². The number of rotatable bonds is 4. The fraction of sp³-hybridized carbons (Fsp3) is 0.333. The van der Waals surface area contributed by atoms with Crippen molar-refractivity contribution in [2.24, 2.45) is 0 Å². The summed E-state index contributed by atoms with van der Waals surface area (Å²) < 4.78 is 17.6. The van der Waals surface area contributed by atoms with E-state index >= 15 is 0 Å². The van der Waals surface area contributed by atoms with Crippen molar-refractivity contribution in [3.05, 3.63) is 35.6 Å². The number of aliphatic carboxylic acids is 1. The predicted octanol–water partition coefficient (Wildman–Crippen LogP) is 1.92. The van der Waals surface area contributed by atoms with Gasteiger partial charge < -0.3 is 15.2 Å². The minimum Gasteiger partial charge on any atom is -0.480 e. The molecule has 5 nitrogen and oxygen atoms in total. The topological polar surface area (TPSA) is 75.6 Å². The lowest BCUT2D eigenvalue weighted by atomic mass is 10.1. The molecule has 0 unspecified atom stereocenters. The van der Waals surface area contributed by atoms with E-state index in [1.807, 2.05) is 0 Å². The molecule has 0 aliphatic rings. The van der Waals surface area contributed by atoms with Crippen molar-refractivity contribution in [2.75, 3.05) is 0 Å². The van der Waals surface area contributed by atoms with E-state index < -0.39 is 23.4 Å². The van der Waals surface area contributed by atoms with Crippen molar-refractivity contribution >= 4 is 12.1 Å². The summed E-state index contributed by atoms with van der Waals surface area (Å²) in [6.07, 6.45) is -0.869. The molecule has 1 rings (SSSR count). The monoisotopic (exact) mass is 255 g/mol. The van der Waals surface area contributed by atoms with Gasteiger partial charge >= 0.3 is 12.1 Å². The van der Waals surface area contributed by atoms with Gasteiger partial charge in [-0.25, -0.2) is 14.0 Å². The maximum atomic E-state index is 12.8. The van der Waals surface area contributed by atoms with Crippen molar-refractivity contribution in [1.82, 2.24) is 5.32 Å². The molecule has 98 valence electrons. The molecule has 0 spiro atoms. The highest BCUT2D eigenvalue weighted by atomic mass is 19.1. The Labute approximate surface area is 104 Å². The number of amides is 1. The van der Waals surface area contributed by atoms with Crippen molar-refractivity contribution in [2.45, 2.75) is 26.0 Å². The SMILES string of the molecule is CC(C)(NC(=O)OCc1cccc(F)c1)C(=O)O. The van der Waals surface area contributed by atoms with E-state index in [0.717, 1.165) is 0 Å². The summed E-state index contributed by atoms with van der Waals surface area (Å²) in [6.45, 7) is 2.54. The third kappa shape index (κ3) is 4.04. The summed E-state index contributed by atoms with van der Waals surface area (Å²) >= 11 is 0. The highest BCUT2D eigenvalue weighted by molar-refractivity contribution is 5.83. The Morgan fingerprint density at radius 3 is 2.67 bits per heavy atom. The van der Waals surface area contributed by atoms with Gasteiger partial charge in [-0.15, -0.1) is 0 Å². The normalized spacial score (nSPS) is 10.8. The van der Waals surface area contributed by atoms with Crippen LogP contribution in [0.5, 0.6) is 0 Å². The first-order valence-corrected chi connectivity index (χ1v) is 5.24. The largest absolute Gasteiger partial charge is 0.480 e. The van der Waals surface area contributed by atoms with Crippen LogP contribution in [-0.4, -0.2) is 22.7 Å². The van der Waals surface area contributed by atoms with Gasteiger partial charge in [0.2, 0.25) is 0 Å². The molecule has 0 saturated heterocycles. The minimum atomic E-state index is -1.42. The smallest absolute Gasteiger partial charge is 0.408 e. The van der Waals surface area contributed by atoms with Gasteiger partial charge in [-0.3, -0.25) is 0 Å². The van der Waals surface area contributed by atoms with Gasteiger partial charge in [0.1, 0.15) is 18.0 Å². The number of carbonyl (C=O) groups is 2. The lowest BCUT2D eigenvalue weighted by molar-refractivity contribution is -0.143. The Morgan fingerprint density at radius 1 is 1.44 bits per heavy atom. The molecule has 2 N–H and O–H groups in total. The number of alkyl carbamates (subject to hydrolysis) is 1. The summed E-state index contributed by atoms with van der Waals surface area (Å²) in [7, 11) is 0. The van der Waals surface area contributed by atoms with E-state index in [1.54, 1.807) is 6.07 Å². The van der Waals surface area contributed by atoms with Crippen LogP contribution in [0.25, 0.3) is 0 Å². The molecule has 0 bridgehead atoms. The number of ether oxygens (including phenoxy) is 1. The van der Waals surface area contributed by atoms with Crippen LogP contribution in [-0.2, 0) is 16.1 Å². The average Bonchev–Trinajstić information content (AvgIpc) is 2.25. The Bertz CT molecular complexity index is 459. The second-order valence-corrected chi connectivity index (χ2v) is 4.26. The van der Waals surface area contributed by atoms with Crippen molar-refractivity contribution in [3.8, 4) is 0 Å². The number of halogens is 1. The number of carboxylic acid groups (broad SMARTS) is 1. The Balaban J connectivity index is 2.50. The molecule has 1 amide bonds. The molecule has 0 aliphatic heterocycles. The molecule has 0 saturated carbocycles. The number of carbonyl (C=O) groups excluding carboxylic acids is 1. The highest BCUT2D eigenvalue weighted by Gasteiger charge is 2.29. The van der Waals surface area contributed by atoms with E-state index in [1.165, 1.54) is 32.0 Å². The number of nitrogens with one attached hydrogen (secondary N) is 1. The van der Waals surface area contributed by atoms with E-state index in [-0.39, 0.29) is 6.61 Å². The molecule has 1 aromatic carbocycles. The Morgan fingerprint density at radius 2 is 2.11 bits per heavy atom. The highest BCUT2D eigenvalue weighted by Crippen LogP contribution is 2.06. The van der Waals surface area contributed by atoms with Crippen LogP contribution in [0.15, 0.2) is 24.3 Å². The fourth-order valence-electron chi connectivity index (χ4n) is 1.12. The number of benzene rings is 1. The second-order valence-electron chi connectivity index (χ2n) is 4.26. The van der Waals surface area contributed by atoms with Gasteiger partial charge in [0.15, 0.2) is 0 Å². The maximum Gasteiger partial charge on any atom is 0.408 e. The molecule has 0 radical (unpaired) electrons. The first-order chi connectivity index (χ1) is 8.31. The summed E-state index contributed by atoms with van der Waals surface area (Å²) in [5, 5.41) is 11.0. The minimum absolute atomic E-state index is 0.126. The van der Waals surface area contributed by atoms with Gasteiger partial charge in [-0.2, -0.15) is 0 Å². The van der Waals surface area contributed by atoms with Crippen LogP contribution in [0.3, 0.4) is 0 Å². The van der Waals surface area contributed by atoms with Crippen LogP contribution >= 0.6 is 0 Å². The molecule has 6 heteroatoms. The summed E-state index contributed by atoms with van der Waals surface area (Å²) in [5.41, 5.74) is -0.933. The van der Waals surface area contributed by atoms with Gasteiger partial charge in [-0.1, -0.05) is 12.1 Å². The van der Waals surface area contributed by atoms with Crippen LogP contribution in [0, 0.1) is 5.82 Å². The Hall–Kier alpha value is -2.11. The van der Waals surface area contributed by atoms with E-state index in [0.29, 0.717) is 5.56 Å². The zero-order chi connectivity index (χ0) is 13.8. The van der Waals surface area contributed by atoms with Crippen LogP contribution in [0.4, 0.5) is 9.18 Å². The predicted molar refractivity (Wildman–Crippen MR) is 61.4 cm³/mol. The first-order valence-electron chi connectivity index (χ1n) is 5.24. The summed E-state index contributed by atoms with van der Waals surface area (Å²) in [6, 6.07) is 5.60. The quantitative estimate of drug-likeness (QED) is 0.861. The van der Waals surface area contributed by atoms with E-state index in [4.69, 9.17) is 9.84 Å². The first kappa shape index (κ1) is 14.0. The molecule has 18 heavy (non-hydrogen) atoms. The third-order valence-corrected chi connectivity index (χ3v) is 2.21. The van der Waals surface area contributed by atoms with Gasteiger partial charge in [0, 0.05) is 0 Å². The van der Waals surface area contributed by atoms with E-state index in [2.05, 4.69) is 5.32 Å². The molecule has 0 aliphatic carbocycles. The van der Waals surface area contributed by atoms with Crippen LogP contribution < -0.4 is 5.32 Å². The molecular formula is C12H14FNO4. The number of hydrogen-bond donors (Lipinski definition) is 2. The average molecular weight is 255 g/mol. The second kappa shape index (κ2) is 5.48. The van der Waals surface area contributed by atoms with Crippen molar-refractivity contribution < 1.29 is 23.8 Å². The van der Waals surface area contributed by atoms with Crippen molar-refractivity contribution in [1.29, 1.82) is 0 Å². The van der Waals surface area contributed by atoms with Gasteiger partial charge in [0.05, 0.1) is 0 Å². The lowest BCUT2D eigenvalue weighted by Gasteiger charge is -2.20. The fourth-order valence-corrected chi connectivity index (χ4v) is 1.12.